The molecule has 1 saturated carbocycles. The summed E-state index contributed by atoms with van der Waals surface area (Å²) in [4.78, 5) is 38.5. The summed E-state index contributed by atoms with van der Waals surface area (Å²) >= 11 is 6.62. The van der Waals surface area contributed by atoms with E-state index in [0.717, 1.165) is 25.3 Å². The summed E-state index contributed by atoms with van der Waals surface area (Å²) in [6.45, 7) is 2.37. The number of nitrogens with zero attached hydrogens (tertiary/aromatic N) is 2. The van der Waals surface area contributed by atoms with E-state index >= 15 is 0 Å². The molecular formula is C20H22Cl2FN3O3. The number of hydrogen-bond acceptors (Lipinski definition) is 5. The Hall–Kier alpha value is -1.96. The number of pyridine rings is 1. The topological polar surface area (TPSA) is 85.4 Å². The van der Waals surface area contributed by atoms with Crippen LogP contribution in [-0.4, -0.2) is 35.3 Å². The lowest BCUT2D eigenvalue weighted by Crippen LogP contribution is -2.27. The van der Waals surface area contributed by atoms with Crippen molar-refractivity contribution in [2.24, 2.45) is 5.73 Å². The second-order valence-electron chi connectivity index (χ2n) is 7.72. The third-order valence-electron chi connectivity index (χ3n) is 5.37. The van der Waals surface area contributed by atoms with E-state index in [2.05, 4.69) is 0 Å². The largest absolute Gasteiger partial charge is 0.366 e. The number of benzene rings is 1. The van der Waals surface area contributed by atoms with Crippen LogP contribution < -0.4 is 16.1 Å². The highest BCUT2D eigenvalue weighted by Gasteiger charge is 2.31. The molecule has 0 radical (unpaired) electrons. The molecule has 0 spiro atoms. The number of hydrogen-bond donors (Lipinski definition) is 1. The molecule has 9 heteroatoms. The number of anilines is 1. The van der Waals surface area contributed by atoms with Crippen molar-refractivity contribution in [2.45, 2.75) is 44.7 Å². The molecule has 1 saturated heterocycles. The van der Waals surface area contributed by atoms with E-state index in [1.54, 1.807) is 9.47 Å². The molecule has 2 aromatic rings. The molecule has 0 bridgehead atoms. The van der Waals surface area contributed by atoms with Crippen LogP contribution in [0.1, 0.15) is 49.0 Å². The Balaban J connectivity index is 0.00000240. The van der Waals surface area contributed by atoms with Crippen molar-refractivity contribution in [3.8, 4) is 0 Å². The van der Waals surface area contributed by atoms with Crippen molar-refractivity contribution in [1.82, 2.24) is 4.57 Å². The van der Waals surface area contributed by atoms with Crippen LogP contribution in [0, 0.1) is 5.82 Å². The molecule has 1 aliphatic carbocycles. The van der Waals surface area contributed by atoms with E-state index in [4.69, 9.17) is 17.3 Å². The molecule has 2 aliphatic rings. The van der Waals surface area contributed by atoms with Gasteiger partial charge in [-0.3, -0.25) is 14.4 Å². The Morgan fingerprint density at radius 3 is 2.55 bits per heavy atom. The number of halogens is 3. The zero-order valence-electron chi connectivity index (χ0n) is 15.9. The van der Waals surface area contributed by atoms with Gasteiger partial charge < -0.3 is 15.2 Å². The minimum Gasteiger partial charge on any atom is -0.366 e. The first kappa shape index (κ1) is 21.7. The number of nitrogens with two attached hydrogens (primary N) is 1. The van der Waals surface area contributed by atoms with E-state index in [9.17, 15) is 18.8 Å². The van der Waals surface area contributed by atoms with Crippen molar-refractivity contribution >= 4 is 52.2 Å². The zero-order chi connectivity index (χ0) is 20.2. The minimum absolute atomic E-state index is 0. The molecule has 6 nitrogen and oxygen atoms in total. The second kappa shape index (κ2) is 8.05. The number of aromatic nitrogens is 1. The number of carbonyl (C=O) groups is 2. The monoisotopic (exact) mass is 441 g/mol. The standard InChI is InChI=1S/C20H21ClFN3O3.ClH/c1-10(26)6-16(27)14-9-25(12-2-3-12)18-13(20(14)28)7-15(22)19(17(18)21)24-5-4-11(23)8-24;/h7,9,11-12H,2-6,8,23H2,1H3;1H. The molecule has 1 aliphatic heterocycles. The SMILES string of the molecule is CC(=O)CC(=O)c1cn(C2CC2)c2c(Cl)c(N3CCC(N)C3)c(F)cc2c1=O.Cl. The van der Waals surface area contributed by atoms with Gasteiger partial charge in [-0.05, 0) is 32.3 Å². The third kappa shape index (κ3) is 3.91. The van der Waals surface area contributed by atoms with Gasteiger partial charge in [0.25, 0.3) is 0 Å². The lowest BCUT2D eigenvalue weighted by molar-refractivity contribution is -0.116. The quantitative estimate of drug-likeness (QED) is 0.568. The Morgan fingerprint density at radius 2 is 2.00 bits per heavy atom. The van der Waals surface area contributed by atoms with Gasteiger partial charge in [-0.1, -0.05) is 11.6 Å². The van der Waals surface area contributed by atoms with E-state index < -0.39 is 17.0 Å². The Labute approximate surface area is 178 Å². The molecule has 1 aromatic carbocycles. The van der Waals surface area contributed by atoms with Crippen LogP contribution in [0.25, 0.3) is 10.9 Å². The zero-order valence-corrected chi connectivity index (χ0v) is 17.5. The van der Waals surface area contributed by atoms with Gasteiger partial charge in [0.15, 0.2) is 11.2 Å². The van der Waals surface area contributed by atoms with Gasteiger partial charge in [-0.2, -0.15) is 0 Å². The Kier molecular flexibility index (Phi) is 6.03. The van der Waals surface area contributed by atoms with E-state index in [-0.39, 0.29) is 58.4 Å². The van der Waals surface area contributed by atoms with Crippen LogP contribution in [0.4, 0.5) is 10.1 Å². The molecule has 2 N–H and O–H groups in total. The number of ketones is 2. The van der Waals surface area contributed by atoms with Crippen LogP contribution in [0.3, 0.4) is 0 Å². The molecule has 29 heavy (non-hydrogen) atoms. The second-order valence-corrected chi connectivity index (χ2v) is 8.10. The van der Waals surface area contributed by atoms with Crippen LogP contribution in [0.5, 0.6) is 0 Å². The van der Waals surface area contributed by atoms with Gasteiger partial charge >= 0.3 is 0 Å². The lowest BCUT2D eigenvalue weighted by Gasteiger charge is -2.23. The van der Waals surface area contributed by atoms with Gasteiger partial charge in [-0.15, -0.1) is 12.4 Å². The molecule has 2 heterocycles. The smallest absolute Gasteiger partial charge is 0.200 e. The summed E-state index contributed by atoms with van der Waals surface area (Å²) < 4.78 is 16.8. The number of rotatable bonds is 5. The average Bonchev–Trinajstić information content (AvgIpc) is 3.37. The minimum atomic E-state index is -0.609. The summed E-state index contributed by atoms with van der Waals surface area (Å²) in [7, 11) is 0. The first-order chi connectivity index (χ1) is 13.3. The highest BCUT2D eigenvalue weighted by molar-refractivity contribution is 6.38. The lowest BCUT2D eigenvalue weighted by atomic mass is 10.0. The van der Waals surface area contributed by atoms with Crippen LogP contribution in [-0.2, 0) is 4.79 Å². The van der Waals surface area contributed by atoms with Crippen LogP contribution in [0.2, 0.25) is 5.02 Å². The first-order valence-corrected chi connectivity index (χ1v) is 9.75. The van der Waals surface area contributed by atoms with Crippen LogP contribution >= 0.6 is 24.0 Å². The van der Waals surface area contributed by atoms with Crippen molar-refractivity contribution in [2.75, 3.05) is 18.0 Å². The van der Waals surface area contributed by atoms with Gasteiger partial charge in [0.05, 0.1) is 33.6 Å². The van der Waals surface area contributed by atoms with Crippen molar-refractivity contribution in [1.29, 1.82) is 0 Å². The summed E-state index contributed by atoms with van der Waals surface area (Å²) in [6.07, 6.45) is 3.63. The Bertz CT molecular complexity index is 1070. The third-order valence-corrected chi connectivity index (χ3v) is 5.73. The molecule has 0 amide bonds. The average molecular weight is 442 g/mol. The van der Waals surface area contributed by atoms with Crippen molar-refractivity contribution in [3.05, 3.63) is 38.9 Å². The fourth-order valence-electron chi connectivity index (χ4n) is 3.87. The predicted octanol–water partition coefficient (Wildman–Crippen LogP) is 3.25. The highest BCUT2D eigenvalue weighted by atomic mass is 35.5. The number of carbonyl (C=O) groups excluding carboxylic acids is 2. The summed E-state index contributed by atoms with van der Waals surface area (Å²) in [5.41, 5.74) is 5.95. The van der Waals surface area contributed by atoms with Gasteiger partial charge in [0.2, 0.25) is 0 Å². The molecule has 1 unspecified atom stereocenters. The summed E-state index contributed by atoms with van der Waals surface area (Å²) in [5, 5.41) is 0.231. The van der Waals surface area contributed by atoms with Crippen molar-refractivity contribution < 1.29 is 14.0 Å². The maximum atomic E-state index is 15.0. The number of Topliss-reactive ketones (excluding diaryl/α,β-unsaturated/α-hetero) is 2. The molecule has 1 atom stereocenters. The maximum Gasteiger partial charge on any atom is 0.200 e. The predicted molar refractivity (Wildman–Crippen MR) is 113 cm³/mol. The molecular weight excluding hydrogens is 420 g/mol. The fourth-order valence-corrected chi connectivity index (χ4v) is 4.28. The van der Waals surface area contributed by atoms with Gasteiger partial charge in [-0.25, -0.2) is 4.39 Å². The normalized spacial score (nSPS) is 18.8. The van der Waals surface area contributed by atoms with Gasteiger partial charge in [0.1, 0.15) is 11.6 Å². The van der Waals surface area contributed by atoms with E-state index in [1.165, 1.54) is 13.1 Å². The highest BCUT2D eigenvalue weighted by Crippen LogP contribution is 2.42. The molecule has 1 aromatic heterocycles. The first-order valence-electron chi connectivity index (χ1n) is 9.38. The van der Waals surface area contributed by atoms with Crippen LogP contribution in [0.15, 0.2) is 17.1 Å². The van der Waals surface area contributed by atoms with Gasteiger partial charge in [0, 0.05) is 31.4 Å². The maximum absolute atomic E-state index is 15.0. The van der Waals surface area contributed by atoms with Crippen molar-refractivity contribution in [3.63, 3.8) is 0 Å². The van der Waals surface area contributed by atoms with E-state index in [0.29, 0.717) is 18.6 Å². The fraction of sp³-hybridized carbons (Fsp3) is 0.450. The summed E-state index contributed by atoms with van der Waals surface area (Å²) in [6, 6.07) is 1.21. The number of fused-ring (bicyclic) bond motifs is 1. The molecule has 156 valence electrons. The molecule has 2 fully saturated rings. The summed E-state index contributed by atoms with van der Waals surface area (Å²) in [5.74, 6) is -1.49. The van der Waals surface area contributed by atoms with E-state index in [1.807, 2.05) is 0 Å². The Morgan fingerprint density at radius 1 is 1.31 bits per heavy atom. The molecule has 4 rings (SSSR count).